The molecule has 1 aliphatic rings. The zero-order valence-corrected chi connectivity index (χ0v) is 16.4. The Hall–Kier alpha value is -2.54. The summed E-state index contributed by atoms with van der Waals surface area (Å²) in [6.45, 7) is 2.78. The maximum absolute atomic E-state index is 12.4. The first-order valence-electron chi connectivity index (χ1n) is 9.43. The molecule has 3 N–H and O–H groups in total. The van der Waals surface area contributed by atoms with Crippen molar-refractivity contribution in [2.45, 2.75) is 23.9 Å². The molecule has 1 aliphatic heterocycles. The van der Waals surface area contributed by atoms with Crippen LogP contribution in [0.3, 0.4) is 0 Å². The lowest BCUT2D eigenvalue weighted by molar-refractivity contribution is 0.325. The molecule has 6 heteroatoms. The van der Waals surface area contributed by atoms with Gasteiger partial charge in [-0.25, -0.2) is 13.9 Å². The standard InChI is InChI=1S/C22H24N4OS/c23-22-11-10-21(14-24-22)28(27)25-20-12-13-26(16-20)15-17-6-8-19(9-7-17)18-4-2-1-3-5-18/h1-11,14,20,25H,12-13,15-16H2,(H2,23,24). The van der Waals surface area contributed by atoms with E-state index in [0.29, 0.717) is 10.7 Å². The summed E-state index contributed by atoms with van der Waals surface area (Å²) < 4.78 is 15.7. The van der Waals surface area contributed by atoms with E-state index >= 15 is 0 Å². The Bertz CT molecular complexity index is 929. The zero-order chi connectivity index (χ0) is 19.3. The topological polar surface area (TPSA) is 71.2 Å². The molecule has 1 saturated heterocycles. The largest absolute Gasteiger partial charge is 0.384 e. The van der Waals surface area contributed by atoms with Gasteiger partial charge in [0, 0.05) is 31.9 Å². The van der Waals surface area contributed by atoms with Crippen molar-refractivity contribution in [3.8, 4) is 11.1 Å². The summed E-state index contributed by atoms with van der Waals surface area (Å²) in [5, 5.41) is 0. The van der Waals surface area contributed by atoms with Gasteiger partial charge in [-0.15, -0.1) is 0 Å². The van der Waals surface area contributed by atoms with E-state index < -0.39 is 11.0 Å². The summed E-state index contributed by atoms with van der Waals surface area (Å²) in [7, 11) is -1.26. The molecule has 1 fully saturated rings. The number of likely N-dealkylation sites (tertiary alicyclic amines) is 1. The van der Waals surface area contributed by atoms with Gasteiger partial charge < -0.3 is 5.73 Å². The fraction of sp³-hybridized carbons (Fsp3) is 0.227. The third kappa shape index (κ3) is 4.65. The van der Waals surface area contributed by atoms with E-state index in [1.54, 1.807) is 18.3 Å². The van der Waals surface area contributed by atoms with Crippen LogP contribution in [0.15, 0.2) is 77.8 Å². The van der Waals surface area contributed by atoms with Gasteiger partial charge in [-0.05, 0) is 35.2 Å². The number of hydrogen-bond acceptors (Lipinski definition) is 4. The van der Waals surface area contributed by atoms with Crippen LogP contribution in [0, 0.1) is 0 Å². The summed E-state index contributed by atoms with van der Waals surface area (Å²) in [6, 6.07) is 22.8. The molecule has 0 saturated carbocycles. The van der Waals surface area contributed by atoms with Crippen LogP contribution < -0.4 is 10.5 Å². The number of rotatable bonds is 6. The number of nitrogens with two attached hydrogens (primary N) is 1. The van der Waals surface area contributed by atoms with Gasteiger partial charge in [0.05, 0.1) is 4.90 Å². The molecule has 0 spiro atoms. The Morgan fingerprint density at radius 2 is 1.79 bits per heavy atom. The van der Waals surface area contributed by atoms with Crippen LogP contribution >= 0.6 is 0 Å². The highest BCUT2D eigenvalue weighted by Crippen LogP contribution is 2.21. The average Bonchev–Trinajstić information content (AvgIpc) is 3.16. The van der Waals surface area contributed by atoms with Gasteiger partial charge in [-0.1, -0.05) is 54.6 Å². The normalized spacial score (nSPS) is 18.2. The molecule has 4 rings (SSSR count). The molecular formula is C22H24N4OS. The Morgan fingerprint density at radius 3 is 2.50 bits per heavy atom. The van der Waals surface area contributed by atoms with Crippen molar-refractivity contribution in [2.75, 3.05) is 18.8 Å². The summed E-state index contributed by atoms with van der Waals surface area (Å²) in [4.78, 5) is 7.06. The summed E-state index contributed by atoms with van der Waals surface area (Å²) >= 11 is 0. The van der Waals surface area contributed by atoms with Crippen LogP contribution in [-0.4, -0.2) is 33.2 Å². The number of anilines is 1. The number of nitrogens with one attached hydrogen (secondary N) is 1. The molecule has 28 heavy (non-hydrogen) atoms. The lowest BCUT2D eigenvalue weighted by Gasteiger charge is -2.17. The molecule has 0 aliphatic carbocycles. The van der Waals surface area contributed by atoms with Crippen molar-refractivity contribution < 1.29 is 4.21 Å². The van der Waals surface area contributed by atoms with E-state index in [1.807, 2.05) is 6.07 Å². The number of nitrogen functional groups attached to an aromatic ring is 1. The molecule has 3 aromatic rings. The Labute approximate surface area is 168 Å². The lowest BCUT2D eigenvalue weighted by atomic mass is 10.0. The van der Waals surface area contributed by atoms with Crippen LogP contribution in [0.2, 0.25) is 0 Å². The van der Waals surface area contributed by atoms with Gasteiger partial charge >= 0.3 is 0 Å². The van der Waals surface area contributed by atoms with Gasteiger partial charge in [0.25, 0.3) is 0 Å². The lowest BCUT2D eigenvalue weighted by Crippen LogP contribution is -2.33. The first kappa shape index (κ1) is 18.8. The van der Waals surface area contributed by atoms with Gasteiger partial charge in [-0.3, -0.25) is 4.90 Å². The molecule has 2 heterocycles. The Kier molecular flexibility index (Phi) is 5.81. The quantitative estimate of drug-likeness (QED) is 0.676. The monoisotopic (exact) mass is 392 g/mol. The highest BCUT2D eigenvalue weighted by molar-refractivity contribution is 7.83. The summed E-state index contributed by atoms with van der Waals surface area (Å²) in [5.74, 6) is 0.436. The first-order valence-corrected chi connectivity index (χ1v) is 10.6. The third-order valence-corrected chi connectivity index (χ3v) is 6.20. The second-order valence-electron chi connectivity index (χ2n) is 7.09. The fourth-order valence-electron chi connectivity index (χ4n) is 3.48. The van der Waals surface area contributed by atoms with Gasteiger partial charge in [0.2, 0.25) is 0 Å². The SMILES string of the molecule is Nc1ccc(S(=O)NC2CCN(Cc3ccc(-c4ccccc4)cc3)C2)cn1. The van der Waals surface area contributed by atoms with E-state index in [2.05, 4.69) is 63.1 Å². The highest BCUT2D eigenvalue weighted by atomic mass is 32.2. The van der Waals surface area contributed by atoms with E-state index in [1.165, 1.54) is 16.7 Å². The number of benzene rings is 2. The van der Waals surface area contributed by atoms with Gasteiger partial charge in [0.15, 0.2) is 0 Å². The second kappa shape index (κ2) is 8.65. The Balaban J connectivity index is 1.31. The van der Waals surface area contributed by atoms with Crippen molar-refractivity contribution in [3.05, 3.63) is 78.5 Å². The highest BCUT2D eigenvalue weighted by Gasteiger charge is 2.24. The van der Waals surface area contributed by atoms with Crippen LogP contribution in [0.4, 0.5) is 5.82 Å². The summed E-state index contributed by atoms with van der Waals surface area (Å²) in [6.07, 6.45) is 2.55. The van der Waals surface area contributed by atoms with E-state index in [4.69, 9.17) is 5.73 Å². The zero-order valence-electron chi connectivity index (χ0n) is 15.6. The molecule has 0 radical (unpaired) electrons. The molecule has 144 valence electrons. The van der Waals surface area contributed by atoms with Crippen LogP contribution in [0.5, 0.6) is 0 Å². The minimum Gasteiger partial charge on any atom is -0.384 e. The van der Waals surface area contributed by atoms with Crippen molar-refractivity contribution in [3.63, 3.8) is 0 Å². The van der Waals surface area contributed by atoms with Crippen LogP contribution in [0.1, 0.15) is 12.0 Å². The molecule has 2 aromatic carbocycles. The maximum atomic E-state index is 12.4. The predicted molar refractivity (Wildman–Crippen MR) is 114 cm³/mol. The van der Waals surface area contributed by atoms with Crippen LogP contribution in [0.25, 0.3) is 11.1 Å². The fourth-order valence-corrected chi connectivity index (χ4v) is 4.46. The Morgan fingerprint density at radius 1 is 1.04 bits per heavy atom. The predicted octanol–water partition coefficient (Wildman–Crippen LogP) is 3.22. The number of pyridine rings is 1. The van der Waals surface area contributed by atoms with Crippen molar-refractivity contribution in [1.82, 2.24) is 14.6 Å². The number of aromatic nitrogens is 1. The first-order chi connectivity index (χ1) is 13.7. The molecule has 5 nitrogen and oxygen atoms in total. The maximum Gasteiger partial charge on any atom is 0.126 e. The van der Waals surface area contributed by atoms with Crippen LogP contribution in [-0.2, 0) is 17.5 Å². The second-order valence-corrected chi connectivity index (χ2v) is 8.33. The van der Waals surface area contributed by atoms with E-state index in [0.717, 1.165) is 26.1 Å². The molecule has 2 unspecified atom stereocenters. The summed E-state index contributed by atoms with van der Waals surface area (Å²) in [5.41, 5.74) is 9.35. The third-order valence-electron chi connectivity index (χ3n) is 4.99. The molecule has 2 atom stereocenters. The molecule has 1 aromatic heterocycles. The minimum atomic E-state index is -1.26. The van der Waals surface area contributed by atoms with Crippen molar-refractivity contribution >= 4 is 16.8 Å². The molecular weight excluding hydrogens is 368 g/mol. The minimum absolute atomic E-state index is 0.210. The number of hydrogen-bond donors (Lipinski definition) is 2. The van der Waals surface area contributed by atoms with E-state index in [9.17, 15) is 4.21 Å². The molecule has 0 bridgehead atoms. The van der Waals surface area contributed by atoms with Gasteiger partial charge in [-0.2, -0.15) is 0 Å². The van der Waals surface area contributed by atoms with Crippen molar-refractivity contribution in [2.24, 2.45) is 0 Å². The van der Waals surface area contributed by atoms with Crippen molar-refractivity contribution in [1.29, 1.82) is 0 Å². The van der Waals surface area contributed by atoms with E-state index in [-0.39, 0.29) is 6.04 Å². The molecule has 0 amide bonds. The smallest absolute Gasteiger partial charge is 0.126 e. The average molecular weight is 393 g/mol. The van der Waals surface area contributed by atoms with Gasteiger partial charge in [0.1, 0.15) is 16.8 Å². The number of nitrogens with zero attached hydrogens (tertiary/aromatic N) is 2.